The summed E-state index contributed by atoms with van der Waals surface area (Å²) in [5.74, 6) is -3.21. The molecule has 338 valence electrons. The number of carboxylic acid groups (broad SMARTS) is 1. The maximum atomic E-state index is 15.4. The van der Waals surface area contributed by atoms with E-state index in [1.807, 2.05) is 62.2 Å². The van der Waals surface area contributed by atoms with Crippen LogP contribution in [0.5, 0.6) is 5.75 Å². The van der Waals surface area contributed by atoms with E-state index in [-0.39, 0.29) is 12.3 Å². The van der Waals surface area contributed by atoms with Crippen molar-refractivity contribution in [3.63, 3.8) is 0 Å². The Bertz CT molecular complexity index is 2400. The number of para-hydroxylation sites is 1. The third-order valence-corrected chi connectivity index (χ3v) is 16.1. The molecule has 10 atom stereocenters. The lowest BCUT2D eigenvalue weighted by Crippen LogP contribution is -2.81. The highest BCUT2D eigenvalue weighted by Gasteiger charge is 2.80. The van der Waals surface area contributed by atoms with E-state index < -0.39 is 82.4 Å². The number of piperidine rings is 1. The van der Waals surface area contributed by atoms with Gasteiger partial charge in [0.2, 0.25) is 5.60 Å². The van der Waals surface area contributed by atoms with Crippen LogP contribution in [0.1, 0.15) is 81.2 Å². The number of H-pyrrole nitrogens is 1. The fourth-order valence-corrected chi connectivity index (χ4v) is 13.7. The highest BCUT2D eigenvalue weighted by atomic mass is 16.6. The lowest BCUT2D eigenvalue weighted by atomic mass is 9.47. The number of ether oxygens (including phenoxy) is 4. The number of nitrogens with one attached hydrogen (secondary N) is 1. The molecular formula is C48H60N4O11. The molecule has 1 aliphatic carbocycles. The average molecular weight is 869 g/mol. The number of esters is 3. The number of hydrogen-bond acceptors (Lipinski definition) is 13. The van der Waals surface area contributed by atoms with Crippen molar-refractivity contribution in [3.05, 3.63) is 70.9 Å². The summed E-state index contributed by atoms with van der Waals surface area (Å²) in [7, 11) is 5.98. The molecule has 0 amide bonds. The van der Waals surface area contributed by atoms with Crippen molar-refractivity contribution >= 4 is 40.5 Å². The molecule has 15 nitrogen and oxygen atoms in total. The molecule has 1 aromatic heterocycles. The predicted molar refractivity (Wildman–Crippen MR) is 232 cm³/mol. The van der Waals surface area contributed by atoms with Crippen LogP contribution in [-0.4, -0.2) is 144 Å². The van der Waals surface area contributed by atoms with Gasteiger partial charge in [0.05, 0.1) is 45.8 Å². The van der Waals surface area contributed by atoms with Gasteiger partial charge in [-0.2, -0.15) is 0 Å². The number of fused-ring (bicyclic) bond motifs is 6. The smallest absolute Gasteiger partial charge is 0.344 e. The van der Waals surface area contributed by atoms with E-state index >= 15 is 4.79 Å². The van der Waals surface area contributed by atoms with Gasteiger partial charge < -0.3 is 44.2 Å². The van der Waals surface area contributed by atoms with Crippen LogP contribution in [0.15, 0.2) is 48.6 Å². The van der Waals surface area contributed by atoms with Crippen LogP contribution in [0.25, 0.3) is 10.9 Å². The molecule has 0 radical (unpaired) electrons. The Morgan fingerprint density at radius 2 is 1.68 bits per heavy atom. The van der Waals surface area contributed by atoms with E-state index in [0.717, 1.165) is 22.0 Å². The predicted octanol–water partition coefficient (Wildman–Crippen LogP) is 3.84. The van der Waals surface area contributed by atoms with Crippen LogP contribution in [-0.2, 0) is 50.6 Å². The van der Waals surface area contributed by atoms with Crippen LogP contribution in [0.2, 0.25) is 0 Å². The number of carbonyl (C=O) groups is 4. The van der Waals surface area contributed by atoms with Crippen LogP contribution < -0.4 is 9.64 Å². The second-order valence-electron chi connectivity index (χ2n) is 19.0. The molecule has 6 heterocycles. The number of hydrogen-bond donors (Lipinski definition) is 4. The Kier molecular flexibility index (Phi) is 10.5. The first kappa shape index (κ1) is 43.3. The number of methoxy groups -OCH3 is 3. The minimum Gasteiger partial charge on any atom is -0.496 e. The quantitative estimate of drug-likeness (QED) is 0.131. The standard InChI is InChI=1S/C48H60N4O11/c1-7-44(58)24-28-25-47(42(56)61-5,38-30(16-20-51(26-28)27-44)29-12-9-10-13-33(29)49-38)32-22-31-34(23-35(32)60-4)50(3)40-46(31)18-21-52-19-11-17-45(8-2,39(46)52)41(48(40,59)43(57)62-6)63-37(55)15-14-36(53)54/h9-13,17,22-23,28,39-41,49,58-59H,7-8,14-16,18-21,24-27H2,1-6H3,(H,53,54)/t28-,39?,40?,41-,44+,45-,46-,47+,48+/m1/s1. The number of rotatable bonds is 10. The van der Waals surface area contributed by atoms with Crippen molar-refractivity contribution in [3.8, 4) is 5.75 Å². The number of carbonyl (C=O) groups excluding carboxylic acids is 3. The van der Waals surface area contributed by atoms with Gasteiger partial charge in [-0.1, -0.05) is 44.2 Å². The molecule has 2 aromatic carbocycles. The monoisotopic (exact) mass is 868 g/mol. The van der Waals surface area contributed by atoms with Gasteiger partial charge in [0.1, 0.15) is 11.2 Å². The van der Waals surface area contributed by atoms with E-state index in [4.69, 9.17) is 18.9 Å². The summed E-state index contributed by atoms with van der Waals surface area (Å²) < 4.78 is 24.0. The zero-order valence-electron chi connectivity index (χ0n) is 37.1. The molecule has 6 aliphatic rings. The van der Waals surface area contributed by atoms with Gasteiger partial charge in [-0.05, 0) is 74.2 Å². The largest absolute Gasteiger partial charge is 0.496 e. The van der Waals surface area contributed by atoms with Crippen molar-refractivity contribution in [2.24, 2.45) is 11.3 Å². The highest BCUT2D eigenvalue weighted by Crippen LogP contribution is 2.68. The Labute approximate surface area is 367 Å². The van der Waals surface area contributed by atoms with Gasteiger partial charge in [0.25, 0.3) is 0 Å². The molecule has 3 aromatic rings. The van der Waals surface area contributed by atoms with Gasteiger partial charge in [0, 0.05) is 84.0 Å². The van der Waals surface area contributed by atoms with Gasteiger partial charge in [0.15, 0.2) is 6.10 Å². The normalized spacial score (nSPS) is 35.3. The number of aromatic amines is 1. The lowest BCUT2D eigenvalue weighted by molar-refractivity contribution is -0.229. The Morgan fingerprint density at radius 3 is 2.38 bits per heavy atom. The van der Waals surface area contributed by atoms with E-state index in [2.05, 4.69) is 26.9 Å². The fraction of sp³-hybridized carbons (Fsp3) is 0.583. The molecule has 4 N–H and O–H groups in total. The molecule has 9 rings (SSSR count). The zero-order chi connectivity index (χ0) is 44.9. The molecule has 2 saturated heterocycles. The molecule has 1 spiro atoms. The number of aliphatic carboxylic acids is 1. The van der Waals surface area contributed by atoms with Crippen molar-refractivity contribution < 1.29 is 53.4 Å². The van der Waals surface area contributed by atoms with Crippen LogP contribution in [0, 0.1) is 11.3 Å². The fourth-order valence-electron chi connectivity index (χ4n) is 13.7. The molecule has 5 aliphatic heterocycles. The van der Waals surface area contributed by atoms with Crippen LogP contribution >= 0.6 is 0 Å². The topological polar surface area (TPSA) is 191 Å². The second-order valence-corrected chi connectivity index (χ2v) is 19.0. The van der Waals surface area contributed by atoms with E-state index in [0.29, 0.717) is 87.5 Å². The summed E-state index contributed by atoms with van der Waals surface area (Å²) in [6, 6.07) is 10.5. The summed E-state index contributed by atoms with van der Waals surface area (Å²) in [6.45, 7) is 6.99. The molecule has 1 saturated carbocycles. The van der Waals surface area contributed by atoms with Gasteiger partial charge in [-0.25, -0.2) is 4.79 Å². The lowest BCUT2D eigenvalue weighted by Gasteiger charge is -2.63. The molecule has 15 heteroatoms. The SMILES string of the molecule is CC[C@]1(O)C[C@H]2CN(CCc3c([nH]c4ccccc34)[C@@](C(=O)OC)(c3cc4c(cc3OC)N(C)C3[C@]45CCN4CC=C[C@](CC)(C45)[C@@H](OC(=O)CCC(=O)O)[C@]3(O)C(=O)OC)C2)C1. The van der Waals surface area contributed by atoms with E-state index in [1.54, 1.807) is 7.11 Å². The molecular weight excluding hydrogens is 809 g/mol. The van der Waals surface area contributed by atoms with E-state index in [9.17, 15) is 29.7 Å². The van der Waals surface area contributed by atoms with Crippen molar-refractivity contribution in [1.82, 2.24) is 14.8 Å². The number of carboxylic acids is 1. The van der Waals surface area contributed by atoms with Gasteiger partial charge in [-0.3, -0.25) is 24.2 Å². The van der Waals surface area contributed by atoms with Crippen LogP contribution in [0.4, 0.5) is 5.69 Å². The minimum atomic E-state index is -2.46. The molecule has 63 heavy (non-hydrogen) atoms. The number of aliphatic hydroxyl groups is 2. The molecule has 2 bridgehead atoms. The first-order chi connectivity index (χ1) is 30.1. The van der Waals surface area contributed by atoms with Crippen LogP contribution in [0.3, 0.4) is 0 Å². The number of nitrogens with zero attached hydrogens (tertiary/aromatic N) is 3. The molecule has 3 unspecified atom stereocenters. The number of aromatic nitrogens is 1. The average Bonchev–Trinajstić information content (AvgIpc) is 3.94. The van der Waals surface area contributed by atoms with Crippen molar-refractivity contribution in [2.75, 3.05) is 66.0 Å². The summed E-state index contributed by atoms with van der Waals surface area (Å²) in [5, 5.41) is 35.9. The number of likely N-dealkylation sites (N-methyl/N-ethyl adjacent to an activating group) is 1. The summed E-state index contributed by atoms with van der Waals surface area (Å²) in [6.07, 6.45) is 4.34. The van der Waals surface area contributed by atoms with Crippen molar-refractivity contribution in [2.45, 2.75) is 105 Å². The second kappa shape index (κ2) is 15.3. The summed E-state index contributed by atoms with van der Waals surface area (Å²) in [5.41, 5.74) is -2.43. The zero-order valence-corrected chi connectivity index (χ0v) is 37.1. The Hall–Kier alpha value is -4.96. The summed E-state index contributed by atoms with van der Waals surface area (Å²) >= 11 is 0. The summed E-state index contributed by atoms with van der Waals surface area (Å²) in [4.78, 5) is 65.4. The molecule has 3 fully saturated rings. The highest BCUT2D eigenvalue weighted by molar-refractivity contribution is 5.95. The number of benzene rings is 2. The minimum absolute atomic E-state index is 0.138. The third kappa shape index (κ3) is 5.98. The third-order valence-electron chi connectivity index (χ3n) is 16.1. The first-order valence-corrected chi connectivity index (χ1v) is 22.3. The maximum absolute atomic E-state index is 15.4. The van der Waals surface area contributed by atoms with Gasteiger partial charge >= 0.3 is 23.9 Å². The Balaban J connectivity index is 1.33. The van der Waals surface area contributed by atoms with E-state index in [1.165, 1.54) is 14.2 Å². The van der Waals surface area contributed by atoms with Gasteiger partial charge in [-0.15, -0.1) is 0 Å². The first-order valence-electron chi connectivity index (χ1n) is 22.3. The number of anilines is 1. The Morgan fingerprint density at radius 1 is 0.921 bits per heavy atom. The maximum Gasteiger partial charge on any atom is 0.344 e. The van der Waals surface area contributed by atoms with Crippen molar-refractivity contribution in [1.29, 1.82) is 0 Å².